The Labute approximate surface area is 211 Å². The lowest BCUT2D eigenvalue weighted by Gasteiger charge is -2.15. The summed E-state index contributed by atoms with van der Waals surface area (Å²) >= 11 is 0. The number of carboxylic acid groups (broad SMARTS) is 1. The molecule has 1 atom stereocenters. The molecule has 13 nitrogen and oxygen atoms in total. The second kappa shape index (κ2) is 12.9. The number of carbonyl (C=O) groups is 4. The molecule has 0 aliphatic rings. The topological polar surface area (TPSA) is 170 Å². The van der Waals surface area contributed by atoms with Crippen LogP contribution in [0, 0.1) is 0 Å². The van der Waals surface area contributed by atoms with Crippen LogP contribution >= 0.6 is 0 Å². The van der Waals surface area contributed by atoms with E-state index >= 15 is 0 Å². The Hall–Kier alpha value is -4.68. The fraction of sp³-hybridized carbons (Fsp3) is 0.333. The Bertz CT molecular complexity index is 1320. The van der Waals surface area contributed by atoms with E-state index < -0.39 is 36.2 Å². The number of carbonyl (C=O) groups excluding carboxylic acids is 3. The van der Waals surface area contributed by atoms with Crippen molar-refractivity contribution < 1.29 is 33.8 Å². The van der Waals surface area contributed by atoms with Crippen LogP contribution in [0.3, 0.4) is 0 Å². The zero-order valence-corrected chi connectivity index (χ0v) is 20.1. The van der Waals surface area contributed by atoms with Crippen LogP contribution in [0.25, 0.3) is 5.65 Å². The molecule has 0 aliphatic heterocycles. The van der Waals surface area contributed by atoms with Gasteiger partial charge in [-0.2, -0.15) is 0 Å². The van der Waals surface area contributed by atoms with Crippen molar-refractivity contribution in [3.63, 3.8) is 0 Å². The number of amides is 2. The highest BCUT2D eigenvalue weighted by atomic mass is 16.5. The van der Waals surface area contributed by atoms with Crippen LogP contribution in [-0.4, -0.2) is 62.4 Å². The van der Waals surface area contributed by atoms with Crippen LogP contribution in [0.15, 0.2) is 53.5 Å². The van der Waals surface area contributed by atoms with Gasteiger partial charge in [-0.05, 0) is 31.0 Å². The minimum atomic E-state index is -1.44. The number of aromatic nitrogens is 3. The molecule has 0 saturated heterocycles. The molecule has 0 radical (unpaired) electrons. The smallest absolute Gasteiger partial charge is 0.408 e. The lowest BCUT2D eigenvalue weighted by molar-refractivity contribution is -0.143. The summed E-state index contributed by atoms with van der Waals surface area (Å²) in [5.41, 5.74) is 0.603. The van der Waals surface area contributed by atoms with Gasteiger partial charge in [0.05, 0.1) is 12.2 Å². The van der Waals surface area contributed by atoms with E-state index in [1.807, 2.05) is 6.07 Å². The zero-order chi connectivity index (χ0) is 26.8. The number of alkyl carbamates (subject to hydrolysis) is 1. The van der Waals surface area contributed by atoms with Crippen molar-refractivity contribution >= 4 is 29.6 Å². The van der Waals surface area contributed by atoms with Crippen LogP contribution in [0.1, 0.15) is 35.7 Å². The first kappa shape index (κ1) is 26.9. The van der Waals surface area contributed by atoms with E-state index in [1.165, 1.54) is 27.4 Å². The van der Waals surface area contributed by atoms with Gasteiger partial charge in [-0.15, -0.1) is 5.10 Å². The van der Waals surface area contributed by atoms with E-state index in [9.17, 15) is 29.1 Å². The molecular weight excluding hydrogens is 486 g/mol. The molecule has 3 rings (SSSR count). The van der Waals surface area contributed by atoms with Crippen molar-refractivity contribution in [2.75, 3.05) is 13.2 Å². The summed E-state index contributed by atoms with van der Waals surface area (Å²) in [7, 11) is 0. The van der Waals surface area contributed by atoms with Gasteiger partial charge in [0, 0.05) is 25.7 Å². The lowest BCUT2D eigenvalue weighted by Crippen LogP contribution is -2.48. The van der Waals surface area contributed by atoms with Crippen LogP contribution in [0.4, 0.5) is 4.79 Å². The monoisotopic (exact) mass is 513 g/mol. The molecule has 0 fully saturated rings. The van der Waals surface area contributed by atoms with Crippen LogP contribution in [-0.2, 0) is 32.2 Å². The number of aliphatic carboxylic acids is 1. The summed E-state index contributed by atoms with van der Waals surface area (Å²) < 4.78 is 12.2. The summed E-state index contributed by atoms with van der Waals surface area (Å²) in [6, 6.07) is 10.3. The standard InChI is InChI=1S/C24H27N5O8/c1-2-36-20(30)9-6-12-29-24(35)28-14-17(10-11-19(28)27-29)21(31)25-13-18(22(32)33)26-23(34)37-15-16-7-4-3-5-8-16/h3-5,7-8,10-11,14,18H,2,6,9,12-13,15H2,1H3,(H,25,31)(H,26,34)(H,32,33). The van der Waals surface area contributed by atoms with E-state index in [4.69, 9.17) is 9.47 Å². The first-order valence-corrected chi connectivity index (χ1v) is 11.5. The van der Waals surface area contributed by atoms with Crippen molar-refractivity contribution in [3.8, 4) is 0 Å². The molecule has 1 aromatic carbocycles. The molecular formula is C24H27N5O8. The van der Waals surface area contributed by atoms with Gasteiger partial charge < -0.3 is 25.2 Å². The fourth-order valence-electron chi connectivity index (χ4n) is 3.31. The lowest BCUT2D eigenvalue weighted by atomic mass is 10.2. The Morgan fingerprint density at radius 1 is 1.08 bits per heavy atom. The number of nitrogens with one attached hydrogen (secondary N) is 2. The highest BCUT2D eigenvalue weighted by Gasteiger charge is 2.22. The van der Waals surface area contributed by atoms with Crippen LogP contribution in [0.5, 0.6) is 0 Å². The molecule has 2 amide bonds. The highest BCUT2D eigenvalue weighted by molar-refractivity contribution is 5.94. The quantitative estimate of drug-likeness (QED) is 0.298. The van der Waals surface area contributed by atoms with E-state index in [-0.39, 0.29) is 37.7 Å². The van der Waals surface area contributed by atoms with Gasteiger partial charge in [-0.1, -0.05) is 30.3 Å². The third-order valence-electron chi connectivity index (χ3n) is 5.17. The SMILES string of the molecule is CCOC(=O)CCCn1nc2ccc(C(=O)NCC(NC(=O)OCc3ccccc3)C(=O)O)cn2c1=O. The first-order valence-electron chi connectivity index (χ1n) is 11.5. The van der Waals surface area contributed by atoms with Crippen LogP contribution in [0.2, 0.25) is 0 Å². The molecule has 37 heavy (non-hydrogen) atoms. The largest absolute Gasteiger partial charge is 0.480 e. The molecule has 2 aromatic heterocycles. The summed E-state index contributed by atoms with van der Waals surface area (Å²) in [6.07, 6.45) is 0.821. The van der Waals surface area contributed by atoms with Gasteiger partial charge in [0.15, 0.2) is 5.65 Å². The minimum absolute atomic E-state index is 0.0450. The maximum atomic E-state index is 12.6. The average molecular weight is 514 g/mol. The zero-order valence-electron chi connectivity index (χ0n) is 20.1. The van der Waals surface area contributed by atoms with Gasteiger partial charge in [0.2, 0.25) is 0 Å². The van der Waals surface area contributed by atoms with Crippen molar-refractivity contribution in [1.82, 2.24) is 24.8 Å². The third kappa shape index (κ3) is 7.65. The summed E-state index contributed by atoms with van der Waals surface area (Å²) in [4.78, 5) is 60.2. The normalized spacial score (nSPS) is 11.5. The average Bonchev–Trinajstić information content (AvgIpc) is 3.20. The maximum absolute atomic E-state index is 12.6. The van der Waals surface area contributed by atoms with E-state index in [0.29, 0.717) is 12.1 Å². The van der Waals surface area contributed by atoms with E-state index in [2.05, 4.69) is 15.7 Å². The van der Waals surface area contributed by atoms with E-state index in [1.54, 1.807) is 31.2 Å². The number of hydrogen-bond acceptors (Lipinski definition) is 8. The molecule has 13 heteroatoms. The molecule has 196 valence electrons. The van der Waals surface area contributed by atoms with Gasteiger partial charge in [-0.25, -0.2) is 23.5 Å². The number of benzene rings is 1. The molecule has 0 bridgehead atoms. The molecule has 3 N–H and O–H groups in total. The summed E-state index contributed by atoms with van der Waals surface area (Å²) in [5.74, 6) is -2.39. The first-order chi connectivity index (χ1) is 17.8. The van der Waals surface area contributed by atoms with Crippen LogP contribution < -0.4 is 16.3 Å². The van der Waals surface area contributed by atoms with Gasteiger partial charge in [-0.3, -0.25) is 9.59 Å². The fourth-order valence-corrected chi connectivity index (χ4v) is 3.31. The predicted octanol–water partition coefficient (Wildman–Crippen LogP) is 0.949. The van der Waals surface area contributed by atoms with Crippen molar-refractivity contribution in [2.24, 2.45) is 0 Å². The number of hydrogen-bond donors (Lipinski definition) is 3. The predicted molar refractivity (Wildman–Crippen MR) is 129 cm³/mol. The number of ether oxygens (including phenoxy) is 2. The molecule has 2 heterocycles. The summed E-state index contributed by atoms with van der Waals surface area (Å²) in [6.45, 7) is 1.70. The third-order valence-corrected chi connectivity index (χ3v) is 5.17. The Kier molecular flexibility index (Phi) is 9.35. The molecule has 0 saturated carbocycles. The van der Waals surface area contributed by atoms with Gasteiger partial charge >= 0.3 is 23.7 Å². The molecule has 0 aliphatic carbocycles. The number of aryl methyl sites for hydroxylation is 1. The summed E-state index contributed by atoms with van der Waals surface area (Å²) in [5, 5.41) is 18.2. The number of pyridine rings is 1. The van der Waals surface area contributed by atoms with Gasteiger partial charge in [0.1, 0.15) is 12.6 Å². The number of esters is 1. The molecule has 0 spiro atoms. The number of fused-ring (bicyclic) bond motifs is 1. The Morgan fingerprint density at radius 3 is 2.54 bits per heavy atom. The van der Waals surface area contributed by atoms with Crippen molar-refractivity contribution in [3.05, 3.63) is 70.3 Å². The number of rotatable bonds is 12. The molecule has 1 unspecified atom stereocenters. The number of nitrogens with zero attached hydrogens (tertiary/aromatic N) is 3. The van der Waals surface area contributed by atoms with Crippen molar-refractivity contribution in [2.45, 2.75) is 39.0 Å². The van der Waals surface area contributed by atoms with Crippen molar-refractivity contribution in [1.29, 1.82) is 0 Å². The Balaban J connectivity index is 1.57. The van der Waals surface area contributed by atoms with Gasteiger partial charge in [0.25, 0.3) is 5.91 Å². The second-order valence-electron chi connectivity index (χ2n) is 7.87. The second-order valence-corrected chi connectivity index (χ2v) is 7.87. The Morgan fingerprint density at radius 2 is 1.84 bits per heavy atom. The minimum Gasteiger partial charge on any atom is -0.480 e. The number of carboxylic acids is 1. The maximum Gasteiger partial charge on any atom is 0.408 e. The van der Waals surface area contributed by atoms with E-state index in [0.717, 1.165) is 5.56 Å². The highest BCUT2D eigenvalue weighted by Crippen LogP contribution is 2.05. The molecule has 3 aromatic rings.